The van der Waals surface area contributed by atoms with Crippen molar-refractivity contribution in [3.05, 3.63) is 33.4 Å². The molecule has 2 heterocycles. The van der Waals surface area contributed by atoms with Crippen LogP contribution in [0.25, 0.3) is 22.6 Å². The lowest BCUT2D eigenvalue weighted by molar-refractivity contribution is -0.699. The first-order chi connectivity index (χ1) is 18.3. The van der Waals surface area contributed by atoms with Crippen molar-refractivity contribution in [2.45, 2.75) is 91.0 Å². The third kappa shape index (κ3) is 6.28. The highest BCUT2D eigenvalue weighted by atomic mass is 79.9. The zero-order valence-electron chi connectivity index (χ0n) is 24.6. The van der Waals surface area contributed by atoms with Crippen molar-refractivity contribution in [3.8, 4) is 17.6 Å². The van der Waals surface area contributed by atoms with Crippen LogP contribution in [0.4, 0.5) is 0 Å². The zero-order chi connectivity index (χ0) is 28.2. The Hall–Kier alpha value is -1.78. The van der Waals surface area contributed by atoms with Gasteiger partial charge in [0.1, 0.15) is 12.8 Å². The molecule has 0 aliphatic heterocycles. The molecule has 0 bridgehead atoms. The van der Waals surface area contributed by atoms with Crippen LogP contribution in [-0.4, -0.2) is 44.1 Å². The SMILES string of the molecule is C[C@@]12Cc3c(c(-c4[nH]c5cc(Br)c(C#N)cc5[n+]4COCC[Si](C)(C)C)nn3COCC[Si](C)(C)C)C[C@@H]1C2. The van der Waals surface area contributed by atoms with Gasteiger partial charge in [0.25, 0.3) is 0 Å². The summed E-state index contributed by atoms with van der Waals surface area (Å²) in [4.78, 5) is 3.66. The number of nitrogens with zero attached hydrogens (tertiary/aromatic N) is 4. The van der Waals surface area contributed by atoms with Crippen LogP contribution < -0.4 is 4.57 Å². The van der Waals surface area contributed by atoms with Crippen LogP contribution in [0.3, 0.4) is 0 Å². The number of aromatic amines is 1. The van der Waals surface area contributed by atoms with Gasteiger partial charge in [-0.25, -0.2) is 9.67 Å². The molecule has 1 saturated carbocycles. The summed E-state index contributed by atoms with van der Waals surface area (Å²) in [6.07, 6.45) is 3.38. The molecule has 1 fully saturated rings. The van der Waals surface area contributed by atoms with Crippen molar-refractivity contribution in [3.63, 3.8) is 0 Å². The molecule has 7 nitrogen and oxygen atoms in total. The molecule has 210 valence electrons. The molecule has 1 aromatic carbocycles. The van der Waals surface area contributed by atoms with Crippen molar-refractivity contribution >= 4 is 43.1 Å². The molecule has 0 radical (unpaired) electrons. The molecule has 3 aromatic rings. The Labute approximate surface area is 243 Å². The van der Waals surface area contributed by atoms with E-state index >= 15 is 0 Å². The maximum absolute atomic E-state index is 9.72. The molecule has 0 spiro atoms. The Morgan fingerprint density at radius 3 is 2.51 bits per heavy atom. The van der Waals surface area contributed by atoms with E-state index in [1.165, 1.54) is 17.7 Å². The van der Waals surface area contributed by atoms with E-state index in [9.17, 15) is 5.26 Å². The highest BCUT2D eigenvalue weighted by Crippen LogP contribution is 2.60. The zero-order valence-corrected chi connectivity index (χ0v) is 28.2. The van der Waals surface area contributed by atoms with E-state index in [1.807, 2.05) is 12.1 Å². The van der Waals surface area contributed by atoms with E-state index in [4.69, 9.17) is 14.6 Å². The molecule has 5 rings (SSSR count). The van der Waals surface area contributed by atoms with Crippen LogP contribution in [-0.2, 0) is 35.8 Å². The first-order valence-corrected chi connectivity index (χ1v) is 22.4. The van der Waals surface area contributed by atoms with Gasteiger partial charge in [0, 0.05) is 57.2 Å². The van der Waals surface area contributed by atoms with E-state index in [0.717, 1.165) is 71.1 Å². The van der Waals surface area contributed by atoms with Gasteiger partial charge in [0.05, 0.1) is 5.56 Å². The van der Waals surface area contributed by atoms with Crippen molar-refractivity contribution < 1.29 is 14.0 Å². The van der Waals surface area contributed by atoms with Gasteiger partial charge in [-0.1, -0.05) is 46.2 Å². The topological polar surface area (TPSA) is 79.7 Å². The number of rotatable bonds is 11. The van der Waals surface area contributed by atoms with E-state index in [-0.39, 0.29) is 0 Å². The number of H-pyrrole nitrogens is 1. The van der Waals surface area contributed by atoms with Crippen LogP contribution in [0.2, 0.25) is 51.4 Å². The fourth-order valence-corrected chi connectivity index (χ4v) is 7.53. The summed E-state index contributed by atoms with van der Waals surface area (Å²) < 4.78 is 17.5. The van der Waals surface area contributed by atoms with Gasteiger partial charge in [0.2, 0.25) is 0 Å². The van der Waals surface area contributed by atoms with Crippen LogP contribution in [0, 0.1) is 22.7 Å². The summed E-state index contributed by atoms with van der Waals surface area (Å²) in [7, 11) is -2.36. The van der Waals surface area contributed by atoms with E-state index in [1.54, 1.807) is 0 Å². The highest BCUT2D eigenvalue weighted by molar-refractivity contribution is 9.10. The molecule has 2 aliphatic rings. The maximum atomic E-state index is 9.72. The summed E-state index contributed by atoms with van der Waals surface area (Å²) in [5, 5.41) is 14.9. The fourth-order valence-electron chi connectivity index (χ4n) is 5.58. The number of nitriles is 1. The number of imidazole rings is 1. The number of aromatic nitrogens is 4. The average molecular weight is 630 g/mol. The highest BCUT2D eigenvalue weighted by Gasteiger charge is 2.54. The molecule has 39 heavy (non-hydrogen) atoms. The summed E-state index contributed by atoms with van der Waals surface area (Å²) in [6, 6.07) is 8.52. The number of fused-ring (bicyclic) bond motifs is 3. The molecule has 0 unspecified atom stereocenters. The lowest BCUT2D eigenvalue weighted by Gasteiger charge is -2.20. The minimum absolute atomic E-state index is 0.392. The van der Waals surface area contributed by atoms with Crippen LogP contribution in [0.15, 0.2) is 16.6 Å². The van der Waals surface area contributed by atoms with Crippen LogP contribution >= 0.6 is 15.9 Å². The standard InChI is InChI=1S/C29H42BrN5O2Si2/c1-29-15-21(29)13-22-26(16-29)35(19-37-9-11-39(5,6)7)33-27(22)28-32-24-14-23(30)20(17-31)12-25(24)34(28)18-36-8-10-38(2,3)4/h12,14,21H,8-11,13,15-16,18-19H2,1-7H3/p+1/t21-,29-/m1/s1. The van der Waals surface area contributed by atoms with Crippen LogP contribution in [0.5, 0.6) is 0 Å². The first-order valence-electron chi connectivity index (χ1n) is 14.2. The van der Waals surface area contributed by atoms with Gasteiger partial charge in [-0.05, 0) is 58.6 Å². The monoisotopic (exact) mass is 628 g/mol. The second-order valence-electron chi connectivity index (χ2n) is 14.3. The van der Waals surface area contributed by atoms with E-state index < -0.39 is 16.1 Å². The van der Waals surface area contributed by atoms with Gasteiger partial charge in [0.15, 0.2) is 23.5 Å². The number of hydrogen-bond donors (Lipinski definition) is 1. The second kappa shape index (κ2) is 10.6. The molecule has 0 amide bonds. The van der Waals surface area contributed by atoms with Gasteiger partial charge in [-0.2, -0.15) is 14.9 Å². The predicted molar refractivity (Wildman–Crippen MR) is 164 cm³/mol. The molecule has 2 atom stereocenters. The van der Waals surface area contributed by atoms with Gasteiger partial charge in [-0.15, -0.1) is 0 Å². The summed E-state index contributed by atoms with van der Waals surface area (Å²) in [6.45, 7) is 19.1. The first kappa shape index (κ1) is 28.7. The Kier molecular flexibility index (Phi) is 7.79. The van der Waals surface area contributed by atoms with Gasteiger partial charge < -0.3 is 9.47 Å². The minimum Gasteiger partial charge on any atom is -0.360 e. The molecule has 0 saturated heterocycles. The Morgan fingerprint density at radius 2 is 1.85 bits per heavy atom. The molecular formula is C29H43BrN5O2Si2+. The molecule has 1 N–H and O–H groups in total. The minimum atomic E-state index is -1.21. The quantitative estimate of drug-likeness (QED) is 0.145. The normalized spacial score (nSPS) is 20.6. The lowest BCUT2D eigenvalue weighted by atomic mass is 9.87. The number of halogens is 1. The van der Waals surface area contributed by atoms with Crippen LogP contribution in [0.1, 0.15) is 30.2 Å². The van der Waals surface area contributed by atoms with Crippen molar-refractivity contribution in [1.82, 2.24) is 14.8 Å². The largest absolute Gasteiger partial charge is 0.360 e. The summed E-state index contributed by atoms with van der Waals surface area (Å²) in [5.41, 5.74) is 6.58. The van der Waals surface area contributed by atoms with Gasteiger partial charge in [-0.3, -0.25) is 0 Å². The molecular weight excluding hydrogens is 586 g/mol. The Balaban J connectivity index is 1.53. The predicted octanol–water partition coefficient (Wildman–Crippen LogP) is 6.70. The smallest absolute Gasteiger partial charge is 0.310 e. The molecule has 2 aliphatic carbocycles. The van der Waals surface area contributed by atoms with Crippen molar-refractivity contribution in [1.29, 1.82) is 5.26 Å². The maximum Gasteiger partial charge on any atom is 0.310 e. The third-order valence-electron chi connectivity index (χ3n) is 8.40. The van der Waals surface area contributed by atoms with Crippen molar-refractivity contribution in [2.75, 3.05) is 13.2 Å². The van der Waals surface area contributed by atoms with Gasteiger partial charge >= 0.3 is 5.82 Å². The van der Waals surface area contributed by atoms with E-state index in [0.29, 0.717) is 24.4 Å². The average Bonchev–Trinajstić information content (AvgIpc) is 3.21. The number of ether oxygens (including phenoxy) is 2. The fraction of sp³-hybridized carbons (Fsp3) is 0.621. The summed E-state index contributed by atoms with van der Waals surface area (Å²) in [5.74, 6) is 1.67. The third-order valence-corrected chi connectivity index (χ3v) is 12.5. The lowest BCUT2D eigenvalue weighted by Crippen LogP contribution is -2.37. The molecule has 10 heteroatoms. The number of hydrogen-bond acceptors (Lipinski definition) is 4. The Bertz CT molecular complexity index is 1430. The Morgan fingerprint density at radius 1 is 1.15 bits per heavy atom. The number of nitrogens with one attached hydrogen (secondary N) is 1. The van der Waals surface area contributed by atoms with Crippen molar-refractivity contribution in [2.24, 2.45) is 11.3 Å². The number of benzene rings is 1. The summed E-state index contributed by atoms with van der Waals surface area (Å²) >= 11 is 3.57. The second-order valence-corrected chi connectivity index (χ2v) is 26.4. The molecule has 2 aromatic heterocycles. The van der Waals surface area contributed by atoms with E-state index in [2.05, 4.69) is 82.4 Å².